The third-order valence-electron chi connectivity index (χ3n) is 2.48. The lowest BCUT2D eigenvalue weighted by molar-refractivity contribution is 0.185. The molecule has 1 aromatic heterocycles. The van der Waals surface area contributed by atoms with Crippen molar-refractivity contribution in [1.82, 2.24) is 9.55 Å². The third-order valence-corrected chi connectivity index (χ3v) is 3.14. The largest absolute Gasteiger partial charge is 0.383 e. The van der Waals surface area contributed by atoms with Gasteiger partial charge in [0.1, 0.15) is 0 Å². The average Bonchev–Trinajstić information content (AvgIpc) is 2.28. The van der Waals surface area contributed by atoms with Crippen LogP contribution in [0.15, 0.2) is 32.3 Å². The van der Waals surface area contributed by atoms with E-state index in [2.05, 4.69) is 20.9 Å². The van der Waals surface area contributed by atoms with Crippen molar-refractivity contribution in [3.8, 4) is 0 Å². The molecule has 90 valence electrons. The molecule has 0 atom stereocenters. The van der Waals surface area contributed by atoms with E-state index in [-0.39, 0.29) is 12.1 Å². The van der Waals surface area contributed by atoms with Gasteiger partial charge in [-0.15, -0.1) is 0 Å². The van der Waals surface area contributed by atoms with E-state index in [9.17, 15) is 9.59 Å². The predicted molar refractivity (Wildman–Crippen MR) is 68.4 cm³/mol. The van der Waals surface area contributed by atoms with Crippen molar-refractivity contribution in [3.05, 3.63) is 43.5 Å². The molecule has 2 rings (SSSR count). The number of nitrogens with one attached hydrogen (secondary N) is 1. The van der Waals surface area contributed by atoms with Crippen molar-refractivity contribution in [3.63, 3.8) is 0 Å². The highest BCUT2D eigenvalue weighted by Crippen LogP contribution is 2.17. The van der Waals surface area contributed by atoms with Crippen molar-refractivity contribution >= 4 is 26.8 Å². The summed E-state index contributed by atoms with van der Waals surface area (Å²) in [4.78, 5) is 26.5. The minimum Gasteiger partial charge on any atom is -0.383 e. The highest BCUT2D eigenvalue weighted by atomic mass is 79.9. The molecule has 0 radical (unpaired) electrons. The molecule has 0 unspecified atom stereocenters. The van der Waals surface area contributed by atoms with Gasteiger partial charge in [0, 0.05) is 11.6 Å². The number of hydrogen-bond donors (Lipinski definition) is 1. The second-order valence-electron chi connectivity index (χ2n) is 3.54. The van der Waals surface area contributed by atoms with Crippen LogP contribution in [-0.4, -0.2) is 23.3 Å². The van der Waals surface area contributed by atoms with E-state index in [1.807, 2.05) is 0 Å². The fourth-order valence-electron chi connectivity index (χ4n) is 1.64. The first-order valence-corrected chi connectivity index (χ1v) is 5.84. The molecule has 0 aliphatic carbocycles. The Morgan fingerprint density at radius 3 is 2.88 bits per heavy atom. The Balaban J connectivity index is 2.74. The summed E-state index contributed by atoms with van der Waals surface area (Å²) in [5, 5.41) is 0.475. The maximum Gasteiger partial charge on any atom is 0.328 e. The highest BCUT2D eigenvalue weighted by molar-refractivity contribution is 9.10. The lowest BCUT2D eigenvalue weighted by Gasteiger charge is -2.06. The maximum absolute atomic E-state index is 12.1. The van der Waals surface area contributed by atoms with Gasteiger partial charge < -0.3 is 9.72 Å². The number of methoxy groups -OCH3 is 1. The van der Waals surface area contributed by atoms with Gasteiger partial charge in [-0.1, -0.05) is 6.07 Å². The number of aromatic amines is 1. The van der Waals surface area contributed by atoms with Crippen LogP contribution in [0.25, 0.3) is 10.9 Å². The first-order valence-electron chi connectivity index (χ1n) is 5.05. The SMILES string of the molecule is COCCn1c(=O)[nH]c2cccc(Br)c2c1=O. The van der Waals surface area contributed by atoms with Gasteiger partial charge in [0.05, 0.1) is 24.1 Å². The number of benzene rings is 1. The minimum absolute atomic E-state index is 0.238. The molecule has 0 spiro atoms. The molecule has 17 heavy (non-hydrogen) atoms. The minimum atomic E-state index is -0.419. The predicted octanol–water partition coefficient (Wildman–Crippen LogP) is 1.10. The summed E-state index contributed by atoms with van der Waals surface area (Å²) in [6.07, 6.45) is 0. The summed E-state index contributed by atoms with van der Waals surface area (Å²) >= 11 is 3.31. The number of aromatic nitrogens is 2. The summed E-state index contributed by atoms with van der Waals surface area (Å²) < 4.78 is 6.68. The molecule has 0 aliphatic rings. The van der Waals surface area contributed by atoms with Crippen molar-refractivity contribution in [2.45, 2.75) is 6.54 Å². The van der Waals surface area contributed by atoms with Gasteiger partial charge in [-0.3, -0.25) is 9.36 Å². The number of halogens is 1. The summed E-state index contributed by atoms with van der Waals surface area (Å²) in [6, 6.07) is 5.23. The van der Waals surface area contributed by atoms with Crippen LogP contribution in [0.1, 0.15) is 0 Å². The quantitative estimate of drug-likeness (QED) is 0.923. The van der Waals surface area contributed by atoms with Crippen molar-refractivity contribution < 1.29 is 4.74 Å². The number of fused-ring (bicyclic) bond motifs is 1. The van der Waals surface area contributed by atoms with E-state index in [1.54, 1.807) is 18.2 Å². The Morgan fingerprint density at radius 1 is 1.41 bits per heavy atom. The Kier molecular flexibility index (Phi) is 3.44. The van der Waals surface area contributed by atoms with Crippen molar-refractivity contribution in [2.24, 2.45) is 0 Å². The van der Waals surface area contributed by atoms with Gasteiger partial charge in [0.25, 0.3) is 5.56 Å². The lowest BCUT2D eigenvalue weighted by Crippen LogP contribution is -2.36. The summed E-state index contributed by atoms with van der Waals surface area (Å²) in [7, 11) is 1.52. The van der Waals surface area contributed by atoms with E-state index in [0.717, 1.165) is 4.57 Å². The molecular formula is C11H11BrN2O3. The van der Waals surface area contributed by atoms with Crippen LogP contribution in [0.5, 0.6) is 0 Å². The smallest absolute Gasteiger partial charge is 0.328 e. The highest BCUT2D eigenvalue weighted by Gasteiger charge is 2.09. The van der Waals surface area contributed by atoms with E-state index in [1.165, 1.54) is 7.11 Å². The number of H-pyrrole nitrogens is 1. The Morgan fingerprint density at radius 2 is 2.18 bits per heavy atom. The monoisotopic (exact) mass is 298 g/mol. The third kappa shape index (κ3) is 2.18. The molecule has 0 saturated carbocycles. The Bertz CT molecular complexity index is 660. The van der Waals surface area contributed by atoms with Gasteiger partial charge in [-0.25, -0.2) is 4.79 Å². The van der Waals surface area contributed by atoms with Crippen LogP contribution in [-0.2, 0) is 11.3 Å². The van der Waals surface area contributed by atoms with Crippen molar-refractivity contribution in [2.75, 3.05) is 13.7 Å². The Labute approximate surface area is 105 Å². The number of nitrogens with zero attached hydrogens (tertiary/aromatic N) is 1. The van der Waals surface area contributed by atoms with E-state index < -0.39 is 5.69 Å². The molecule has 0 bridgehead atoms. The summed E-state index contributed by atoms with van der Waals surface area (Å²) in [5.74, 6) is 0. The van der Waals surface area contributed by atoms with Gasteiger partial charge >= 0.3 is 5.69 Å². The summed E-state index contributed by atoms with van der Waals surface area (Å²) in [6.45, 7) is 0.556. The van der Waals surface area contributed by atoms with Gasteiger partial charge in [0.15, 0.2) is 0 Å². The van der Waals surface area contributed by atoms with Gasteiger partial charge in [0.2, 0.25) is 0 Å². The molecule has 1 aromatic carbocycles. The molecule has 0 amide bonds. The zero-order chi connectivity index (χ0) is 12.4. The van der Waals surface area contributed by atoms with Crippen LogP contribution in [0.2, 0.25) is 0 Å². The second kappa shape index (κ2) is 4.85. The number of rotatable bonds is 3. The second-order valence-corrected chi connectivity index (χ2v) is 4.40. The van der Waals surface area contributed by atoms with Crippen LogP contribution in [0, 0.1) is 0 Å². The molecule has 1 N–H and O–H groups in total. The molecule has 1 heterocycles. The molecule has 0 saturated heterocycles. The average molecular weight is 299 g/mol. The zero-order valence-electron chi connectivity index (χ0n) is 9.20. The number of ether oxygens (including phenoxy) is 1. The Hall–Kier alpha value is -1.40. The van der Waals surface area contributed by atoms with E-state index in [0.29, 0.717) is 22.0 Å². The molecule has 2 aromatic rings. The normalized spacial score (nSPS) is 10.9. The summed E-state index contributed by atoms with van der Waals surface area (Å²) in [5.41, 5.74) is -0.200. The van der Waals surface area contributed by atoms with E-state index in [4.69, 9.17) is 4.74 Å². The molecule has 0 aliphatic heterocycles. The molecule has 6 heteroatoms. The van der Waals surface area contributed by atoms with Crippen LogP contribution in [0.3, 0.4) is 0 Å². The first-order chi connectivity index (χ1) is 8.15. The molecular weight excluding hydrogens is 288 g/mol. The van der Waals surface area contributed by atoms with Gasteiger partial charge in [-0.05, 0) is 28.1 Å². The number of hydrogen-bond acceptors (Lipinski definition) is 3. The van der Waals surface area contributed by atoms with Crippen LogP contribution >= 0.6 is 15.9 Å². The first kappa shape index (κ1) is 12.1. The van der Waals surface area contributed by atoms with Crippen molar-refractivity contribution in [1.29, 1.82) is 0 Å². The van der Waals surface area contributed by atoms with E-state index >= 15 is 0 Å². The zero-order valence-corrected chi connectivity index (χ0v) is 10.8. The fraction of sp³-hybridized carbons (Fsp3) is 0.273. The lowest BCUT2D eigenvalue weighted by atomic mass is 10.2. The van der Waals surface area contributed by atoms with Gasteiger partial charge in [-0.2, -0.15) is 0 Å². The molecule has 0 fully saturated rings. The molecule has 5 nitrogen and oxygen atoms in total. The standard InChI is InChI=1S/C11H11BrN2O3/c1-17-6-5-14-10(15)9-7(12)3-2-4-8(9)13-11(14)16/h2-4H,5-6H2,1H3,(H,13,16). The fourth-order valence-corrected chi connectivity index (χ4v) is 2.18. The topological polar surface area (TPSA) is 64.1 Å². The van der Waals surface area contributed by atoms with Crippen LogP contribution < -0.4 is 11.2 Å². The van der Waals surface area contributed by atoms with Crippen LogP contribution in [0.4, 0.5) is 0 Å². The maximum atomic E-state index is 12.1.